The zero-order chi connectivity index (χ0) is 18.6. The van der Waals surface area contributed by atoms with E-state index in [0.717, 1.165) is 11.1 Å². The number of ketones is 1. The molecular formula is C19H23N3O3. The van der Waals surface area contributed by atoms with Crippen molar-refractivity contribution in [2.24, 2.45) is 0 Å². The second-order valence-corrected chi connectivity index (χ2v) is 5.95. The number of Topliss-reactive ketones (excluding diaryl/α,β-unsaturated/α-hetero) is 1. The van der Waals surface area contributed by atoms with Gasteiger partial charge in [-0.1, -0.05) is 19.1 Å². The maximum Gasteiger partial charge on any atom is 0.268 e. The molecule has 0 unspecified atom stereocenters. The van der Waals surface area contributed by atoms with E-state index >= 15 is 0 Å². The van der Waals surface area contributed by atoms with E-state index in [2.05, 4.69) is 15.6 Å². The number of carbonyl (C=O) groups excluding carboxylic acids is 3. The highest BCUT2D eigenvalue weighted by molar-refractivity contribution is 6.02. The van der Waals surface area contributed by atoms with E-state index in [1.54, 1.807) is 13.0 Å². The van der Waals surface area contributed by atoms with Crippen LogP contribution in [0.5, 0.6) is 0 Å². The lowest BCUT2D eigenvalue weighted by Gasteiger charge is -2.08. The summed E-state index contributed by atoms with van der Waals surface area (Å²) >= 11 is 0. The van der Waals surface area contributed by atoms with Gasteiger partial charge >= 0.3 is 0 Å². The van der Waals surface area contributed by atoms with Crippen molar-refractivity contribution in [3.8, 4) is 0 Å². The number of amides is 2. The molecule has 0 fully saturated rings. The molecule has 0 spiro atoms. The molecule has 6 nitrogen and oxygen atoms in total. The minimum Gasteiger partial charge on any atom is -0.354 e. The third-order valence-electron chi connectivity index (χ3n) is 3.92. The van der Waals surface area contributed by atoms with Crippen molar-refractivity contribution in [2.45, 2.75) is 40.7 Å². The van der Waals surface area contributed by atoms with E-state index < -0.39 is 0 Å². The Bertz CT molecular complexity index is 821. The van der Waals surface area contributed by atoms with Crippen molar-refractivity contribution in [2.75, 3.05) is 5.32 Å². The molecule has 1 aromatic heterocycles. The third-order valence-corrected chi connectivity index (χ3v) is 3.92. The highest BCUT2D eigenvalue weighted by Gasteiger charge is 2.21. The lowest BCUT2D eigenvalue weighted by Crippen LogP contribution is -2.24. The number of carbonyl (C=O) groups is 3. The van der Waals surface area contributed by atoms with Gasteiger partial charge in [0, 0.05) is 30.4 Å². The van der Waals surface area contributed by atoms with Crippen LogP contribution in [0.1, 0.15) is 58.4 Å². The van der Waals surface area contributed by atoms with Gasteiger partial charge in [-0.05, 0) is 43.5 Å². The fourth-order valence-electron chi connectivity index (χ4n) is 2.93. The highest BCUT2D eigenvalue weighted by Crippen LogP contribution is 2.20. The molecule has 0 atom stereocenters. The van der Waals surface area contributed by atoms with Crippen LogP contribution in [0.2, 0.25) is 0 Å². The standard InChI is InChI=1S/C19H23N3O3/c1-5-16-17(12(3)23)11(2)21-18(16)19(25)20-10-14-7-6-8-15(9-14)22-13(4)24/h6-9,21H,5,10H2,1-4H3,(H,20,25)(H,22,24). The van der Waals surface area contributed by atoms with Crippen molar-refractivity contribution in [1.82, 2.24) is 10.3 Å². The number of nitrogens with one attached hydrogen (secondary N) is 3. The number of aromatic nitrogens is 1. The first-order chi connectivity index (χ1) is 11.8. The number of hydrogen-bond acceptors (Lipinski definition) is 3. The number of anilines is 1. The summed E-state index contributed by atoms with van der Waals surface area (Å²) in [7, 11) is 0. The van der Waals surface area contributed by atoms with Crippen LogP contribution in [-0.4, -0.2) is 22.6 Å². The van der Waals surface area contributed by atoms with Gasteiger partial charge in [0.2, 0.25) is 5.91 Å². The molecule has 0 bridgehead atoms. The van der Waals surface area contributed by atoms with Gasteiger partial charge in [0.05, 0.1) is 0 Å². The monoisotopic (exact) mass is 341 g/mol. The Morgan fingerprint density at radius 2 is 1.88 bits per heavy atom. The molecule has 0 aliphatic carbocycles. The van der Waals surface area contributed by atoms with Crippen LogP contribution in [0.3, 0.4) is 0 Å². The number of benzene rings is 1. The van der Waals surface area contributed by atoms with Gasteiger partial charge in [-0.3, -0.25) is 14.4 Å². The average Bonchev–Trinajstić information content (AvgIpc) is 2.89. The average molecular weight is 341 g/mol. The number of hydrogen-bond donors (Lipinski definition) is 3. The number of aryl methyl sites for hydroxylation is 1. The first-order valence-corrected chi connectivity index (χ1v) is 8.20. The Hall–Kier alpha value is -2.89. The molecule has 0 aliphatic heterocycles. The van der Waals surface area contributed by atoms with Crippen LogP contribution in [0.25, 0.3) is 0 Å². The Labute approximate surface area is 147 Å². The molecule has 1 heterocycles. The smallest absolute Gasteiger partial charge is 0.268 e. The van der Waals surface area contributed by atoms with Gasteiger partial charge in [-0.2, -0.15) is 0 Å². The first-order valence-electron chi connectivity index (χ1n) is 8.20. The van der Waals surface area contributed by atoms with Gasteiger partial charge in [0.1, 0.15) is 5.69 Å². The summed E-state index contributed by atoms with van der Waals surface area (Å²) < 4.78 is 0. The van der Waals surface area contributed by atoms with Crippen LogP contribution in [0.15, 0.2) is 24.3 Å². The SMILES string of the molecule is CCc1c(C(=O)NCc2cccc(NC(C)=O)c2)[nH]c(C)c1C(C)=O. The molecule has 6 heteroatoms. The third kappa shape index (κ3) is 4.35. The zero-order valence-corrected chi connectivity index (χ0v) is 14.9. The van der Waals surface area contributed by atoms with Gasteiger partial charge in [-0.15, -0.1) is 0 Å². The van der Waals surface area contributed by atoms with Gasteiger partial charge in [0.25, 0.3) is 5.91 Å². The van der Waals surface area contributed by atoms with E-state index in [1.807, 2.05) is 25.1 Å². The summed E-state index contributed by atoms with van der Waals surface area (Å²) in [4.78, 5) is 38.5. The Kier molecular flexibility index (Phi) is 5.75. The molecule has 132 valence electrons. The second kappa shape index (κ2) is 7.79. The van der Waals surface area contributed by atoms with Crippen molar-refractivity contribution in [1.29, 1.82) is 0 Å². The molecule has 2 aromatic rings. The van der Waals surface area contributed by atoms with Crippen molar-refractivity contribution < 1.29 is 14.4 Å². The summed E-state index contributed by atoms with van der Waals surface area (Å²) in [6.07, 6.45) is 0.597. The largest absolute Gasteiger partial charge is 0.354 e. The predicted molar refractivity (Wildman–Crippen MR) is 96.8 cm³/mol. The summed E-state index contributed by atoms with van der Waals surface area (Å²) in [5.74, 6) is -0.447. The normalized spacial score (nSPS) is 10.4. The van der Waals surface area contributed by atoms with Gasteiger partial charge in [0.15, 0.2) is 5.78 Å². The summed E-state index contributed by atoms with van der Waals surface area (Å²) in [6, 6.07) is 7.28. The minimum atomic E-state index is -0.252. The maximum absolute atomic E-state index is 12.5. The maximum atomic E-state index is 12.5. The van der Waals surface area contributed by atoms with Crippen LogP contribution in [0.4, 0.5) is 5.69 Å². The number of rotatable bonds is 6. The van der Waals surface area contributed by atoms with E-state index in [1.165, 1.54) is 13.8 Å². The van der Waals surface area contributed by atoms with Gasteiger partial charge < -0.3 is 15.6 Å². The predicted octanol–water partition coefficient (Wildman–Crippen LogP) is 2.98. The van der Waals surface area contributed by atoms with Crippen molar-refractivity contribution in [3.63, 3.8) is 0 Å². The van der Waals surface area contributed by atoms with E-state index in [9.17, 15) is 14.4 Å². The van der Waals surface area contributed by atoms with Crippen molar-refractivity contribution >= 4 is 23.3 Å². The minimum absolute atomic E-state index is 0.0485. The highest BCUT2D eigenvalue weighted by atomic mass is 16.2. The molecule has 0 aliphatic rings. The van der Waals surface area contributed by atoms with Crippen LogP contribution < -0.4 is 10.6 Å². The van der Waals surface area contributed by atoms with Gasteiger partial charge in [-0.25, -0.2) is 0 Å². The van der Waals surface area contributed by atoms with E-state index in [0.29, 0.717) is 35.6 Å². The topological polar surface area (TPSA) is 91.1 Å². The summed E-state index contributed by atoms with van der Waals surface area (Å²) in [5, 5.41) is 5.57. The quantitative estimate of drug-likeness (QED) is 0.705. The van der Waals surface area contributed by atoms with Crippen LogP contribution >= 0.6 is 0 Å². The van der Waals surface area contributed by atoms with Crippen LogP contribution in [0, 0.1) is 6.92 Å². The second-order valence-electron chi connectivity index (χ2n) is 5.95. The fourth-order valence-corrected chi connectivity index (χ4v) is 2.93. The lowest BCUT2D eigenvalue weighted by molar-refractivity contribution is -0.114. The Morgan fingerprint density at radius 3 is 2.48 bits per heavy atom. The summed E-state index contributed by atoms with van der Waals surface area (Å²) in [5.41, 5.74) is 4.04. The molecule has 25 heavy (non-hydrogen) atoms. The Balaban J connectivity index is 2.15. The molecule has 0 radical (unpaired) electrons. The Morgan fingerprint density at radius 1 is 1.16 bits per heavy atom. The lowest BCUT2D eigenvalue weighted by atomic mass is 10.0. The van der Waals surface area contributed by atoms with Crippen LogP contribution in [-0.2, 0) is 17.8 Å². The zero-order valence-electron chi connectivity index (χ0n) is 14.9. The summed E-state index contributed by atoms with van der Waals surface area (Å²) in [6.45, 7) is 6.99. The number of H-pyrrole nitrogens is 1. The molecule has 2 amide bonds. The van der Waals surface area contributed by atoms with E-state index in [4.69, 9.17) is 0 Å². The van der Waals surface area contributed by atoms with E-state index in [-0.39, 0.29) is 17.6 Å². The van der Waals surface area contributed by atoms with Crippen molar-refractivity contribution in [3.05, 3.63) is 52.3 Å². The molecule has 3 N–H and O–H groups in total. The number of aromatic amines is 1. The molecule has 1 aromatic carbocycles. The molecule has 0 saturated carbocycles. The molecule has 2 rings (SSSR count). The molecular weight excluding hydrogens is 318 g/mol. The fraction of sp³-hybridized carbons (Fsp3) is 0.316. The molecule has 0 saturated heterocycles. The first kappa shape index (κ1) is 18.4.